The first kappa shape index (κ1) is 13.2. The Labute approximate surface area is 108 Å². The number of benzene rings is 1. The summed E-state index contributed by atoms with van der Waals surface area (Å²) >= 11 is 6.88. The Hall–Kier alpha value is 0.140. The van der Waals surface area contributed by atoms with Crippen LogP contribution >= 0.6 is 31.9 Å². The van der Waals surface area contributed by atoms with Crippen molar-refractivity contribution in [1.29, 1.82) is 0 Å². The SMILES string of the molecule is CCCC(C)C(O)c1ccc(Br)cc1Br. The Balaban J connectivity index is 2.86. The molecule has 0 aromatic heterocycles. The summed E-state index contributed by atoms with van der Waals surface area (Å²) in [7, 11) is 0. The molecule has 0 aliphatic rings. The van der Waals surface area contributed by atoms with Gasteiger partial charge in [-0.1, -0.05) is 58.2 Å². The van der Waals surface area contributed by atoms with Crippen molar-refractivity contribution in [3.05, 3.63) is 32.7 Å². The molecule has 84 valence electrons. The molecular weight excluding hydrogens is 320 g/mol. The van der Waals surface area contributed by atoms with Gasteiger partial charge in [-0.15, -0.1) is 0 Å². The predicted molar refractivity (Wildman–Crippen MR) is 70.9 cm³/mol. The largest absolute Gasteiger partial charge is 0.388 e. The second kappa shape index (κ2) is 6.02. The number of rotatable bonds is 4. The van der Waals surface area contributed by atoms with Gasteiger partial charge in [-0.2, -0.15) is 0 Å². The molecule has 0 radical (unpaired) electrons. The van der Waals surface area contributed by atoms with E-state index >= 15 is 0 Å². The third-order valence-corrected chi connectivity index (χ3v) is 3.74. The monoisotopic (exact) mass is 334 g/mol. The van der Waals surface area contributed by atoms with Gasteiger partial charge in [0.15, 0.2) is 0 Å². The van der Waals surface area contributed by atoms with E-state index in [1.54, 1.807) is 0 Å². The van der Waals surface area contributed by atoms with E-state index in [1.165, 1.54) is 0 Å². The van der Waals surface area contributed by atoms with Gasteiger partial charge in [0.1, 0.15) is 0 Å². The fourth-order valence-electron chi connectivity index (χ4n) is 1.66. The van der Waals surface area contributed by atoms with E-state index in [0.29, 0.717) is 5.92 Å². The molecule has 0 amide bonds. The van der Waals surface area contributed by atoms with E-state index in [9.17, 15) is 5.11 Å². The van der Waals surface area contributed by atoms with E-state index in [-0.39, 0.29) is 6.10 Å². The van der Waals surface area contributed by atoms with Crippen molar-refractivity contribution in [2.45, 2.75) is 32.8 Å². The zero-order valence-corrected chi connectivity index (χ0v) is 12.2. The van der Waals surface area contributed by atoms with E-state index < -0.39 is 0 Å². The van der Waals surface area contributed by atoms with Crippen LogP contribution in [0.4, 0.5) is 0 Å². The fraction of sp³-hybridized carbons (Fsp3) is 0.500. The molecule has 0 aliphatic carbocycles. The number of aliphatic hydroxyl groups is 1. The average molecular weight is 336 g/mol. The molecule has 1 nitrogen and oxygen atoms in total. The van der Waals surface area contributed by atoms with Gasteiger partial charge in [-0.05, 0) is 30.0 Å². The number of aliphatic hydroxyl groups excluding tert-OH is 1. The quantitative estimate of drug-likeness (QED) is 0.846. The normalized spacial score (nSPS) is 15.0. The van der Waals surface area contributed by atoms with Crippen LogP contribution in [0.3, 0.4) is 0 Å². The third kappa shape index (κ3) is 3.58. The van der Waals surface area contributed by atoms with Crippen LogP contribution in [0.15, 0.2) is 27.1 Å². The summed E-state index contributed by atoms with van der Waals surface area (Å²) in [5.74, 6) is 0.299. The maximum absolute atomic E-state index is 10.1. The van der Waals surface area contributed by atoms with Crippen LogP contribution in [-0.4, -0.2) is 5.11 Å². The van der Waals surface area contributed by atoms with Crippen molar-refractivity contribution in [2.24, 2.45) is 5.92 Å². The molecule has 15 heavy (non-hydrogen) atoms. The first-order valence-corrected chi connectivity index (χ1v) is 6.77. The molecule has 0 spiro atoms. The van der Waals surface area contributed by atoms with Crippen molar-refractivity contribution in [3.63, 3.8) is 0 Å². The van der Waals surface area contributed by atoms with Crippen LogP contribution in [0.1, 0.15) is 38.4 Å². The molecule has 0 heterocycles. The van der Waals surface area contributed by atoms with Gasteiger partial charge in [0.25, 0.3) is 0 Å². The Morgan fingerprint density at radius 2 is 2.00 bits per heavy atom. The van der Waals surface area contributed by atoms with Gasteiger partial charge in [-0.25, -0.2) is 0 Å². The second-order valence-electron chi connectivity index (χ2n) is 3.88. The Bertz CT molecular complexity index is 325. The molecular formula is C12H16Br2O. The summed E-state index contributed by atoms with van der Waals surface area (Å²) in [6.07, 6.45) is 1.77. The first-order valence-electron chi connectivity index (χ1n) is 5.19. The molecule has 2 unspecified atom stereocenters. The summed E-state index contributed by atoms with van der Waals surface area (Å²) in [5.41, 5.74) is 0.971. The molecule has 0 bridgehead atoms. The number of halogens is 2. The first-order chi connectivity index (χ1) is 7.06. The van der Waals surface area contributed by atoms with Crippen molar-refractivity contribution < 1.29 is 5.11 Å². The lowest BCUT2D eigenvalue weighted by molar-refractivity contribution is 0.111. The topological polar surface area (TPSA) is 20.2 Å². The highest BCUT2D eigenvalue weighted by Crippen LogP contribution is 2.32. The van der Waals surface area contributed by atoms with Crippen molar-refractivity contribution in [3.8, 4) is 0 Å². The second-order valence-corrected chi connectivity index (χ2v) is 5.65. The van der Waals surface area contributed by atoms with Crippen molar-refractivity contribution in [1.82, 2.24) is 0 Å². The van der Waals surface area contributed by atoms with Gasteiger partial charge >= 0.3 is 0 Å². The van der Waals surface area contributed by atoms with Gasteiger partial charge < -0.3 is 5.11 Å². The maximum atomic E-state index is 10.1. The highest BCUT2D eigenvalue weighted by Gasteiger charge is 2.17. The summed E-state index contributed by atoms with van der Waals surface area (Å²) in [6, 6.07) is 5.89. The van der Waals surface area contributed by atoms with Crippen LogP contribution in [0.2, 0.25) is 0 Å². The molecule has 0 saturated carbocycles. The van der Waals surface area contributed by atoms with Gasteiger partial charge in [0.2, 0.25) is 0 Å². The van der Waals surface area contributed by atoms with Crippen LogP contribution in [0.25, 0.3) is 0 Å². The van der Waals surface area contributed by atoms with E-state index in [4.69, 9.17) is 0 Å². The smallest absolute Gasteiger partial charge is 0.0826 e. The van der Waals surface area contributed by atoms with E-state index in [0.717, 1.165) is 27.4 Å². The molecule has 0 saturated heterocycles. The summed E-state index contributed by atoms with van der Waals surface area (Å²) in [4.78, 5) is 0. The minimum absolute atomic E-state index is 0.299. The van der Waals surface area contributed by atoms with Crippen LogP contribution in [0, 0.1) is 5.92 Å². The Morgan fingerprint density at radius 3 is 2.53 bits per heavy atom. The number of hydrogen-bond acceptors (Lipinski definition) is 1. The number of hydrogen-bond donors (Lipinski definition) is 1. The van der Waals surface area contributed by atoms with Gasteiger partial charge in [0, 0.05) is 8.95 Å². The lowest BCUT2D eigenvalue weighted by atomic mass is 9.94. The minimum Gasteiger partial charge on any atom is -0.388 e. The molecule has 0 fully saturated rings. The van der Waals surface area contributed by atoms with Crippen molar-refractivity contribution in [2.75, 3.05) is 0 Å². The van der Waals surface area contributed by atoms with Crippen LogP contribution < -0.4 is 0 Å². The van der Waals surface area contributed by atoms with E-state index in [1.807, 2.05) is 18.2 Å². The molecule has 1 rings (SSSR count). The molecule has 1 N–H and O–H groups in total. The lowest BCUT2D eigenvalue weighted by Gasteiger charge is -2.19. The highest BCUT2D eigenvalue weighted by molar-refractivity contribution is 9.11. The van der Waals surface area contributed by atoms with Crippen molar-refractivity contribution >= 4 is 31.9 Å². The maximum Gasteiger partial charge on any atom is 0.0826 e. The zero-order chi connectivity index (χ0) is 11.4. The molecule has 1 aromatic carbocycles. The average Bonchev–Trinajstić information content (AvgIpc) is 2.17. The fourth-order valence-corrected chi connectivity index (χ4v) is 2.94. The molecule has 3 heteroatoms. The van der Waals surface area contributed by atoms with Crippen LogP contribution in [-0.2, 0) is 0 Å². The molecule has 1 aromatic rings. The summed E-state index contributed by atoms with van der Waals surface area (Å²) in [5, 5.41) is 10.1. The Morgan fingerprint density at radius 1 is 1.33 bits per heavy atom. The van der Waals surface area contributed by atoms with E-state index in [2.05, 4.69) is 45.7 Å². The predicted octanol–water partition coefficient (Wildman–Crippen LogP) is 4.68. The van der Waals surface area contributed by atoms with Crippen LogP contribution in [0.5, 0.6) is 0 Å². The molecule has 2 atom stereocenters. The summed E-state index contributed by atoms with van der Waals surface area (Å²) < 4.78 is 1.99. The highest BCUT2D eigenvalue weighted by atomic mass is 79.9. The Kier molecular flexibility index (Phi) is 5.30. The lowest BCUT2D eigenvalue weighted by Crippen LogP contribution is -2.09. The standard InChI is InChI=1S/C12H16Br2O/c1-3-4-8(2)12(15)10-6-5-9(13)7-11(10)14/h5-8,12,15H,3-4H2,1-2H3. The minimum atomic E-state index is -0.382. The third-order valence-electron chi connectivity index (χ3n) is 2.56. The zero-order valence-electron chi connectivity index (χ0n) is 9.00. The van der Waals surface area contributed by atoms with Gasteiger partial charge in [0.05, 0.1) is 6.10 Å². The molecule has 0 aliphatic heterocycles. The van der Waals surface area contributed by atoms with Gasteiger partial charge in [-0.3, -0.25) is 0 Å². The summed E-state index contributed by atoms with van der Waals surface area (Å²) in [6.45, 7) is 4.22.